The van der Waals surface area contributed by atoms with Gasteiger partial charge in [-0.25, -0.2) is 0 Å². The largest absolute Gasteiger partial charge is 0.308 e. The van der Waals surface area contributed by atoms with Crippen LogP contribution in [-0.4, -0.2) is 15.7 Å². The van der Waals surface area contributed by atoms with E-state index in [9.17, 15) is 4.79 Å². The Bertz CT molecular complexity index is 894. The molecule has 7 heteroatoms. The molecule has 0 saturated carbocycles. The molecule has 0 aliphatic rings. The average Bonchev–Trinajstić information content (AvgIpc) is 2.91. The third-order valence-electron chi connectivity index (χ3n) is 3.54. The van der Waals surface area contributed by atoms with Crippen molar-refractivity contribution in [3.05, 3.63) is 80.4 Å². The molecular weight excluding hydrogens is 425 g/mol. The van der Waals surface area contributed by atoms with Gasteiger partial charge in [0.25, 0.3) is 0 Å². The SMILES string of the molecule is O=C(Cc1ccc(Br)cc1)Nc1nn(Cc2ccccc2Cl)cc1Cl. The molecule has 1 amide bonds. The third-order valence-corrected chi connectivity index (χ3v) is 4.72. The molecule has 0 aliphatic heterocycles. The molecule has 0 atom stereocenters. The fourth-order valence-electron chi connectivity index (χ4n) is 2.33. The van der Waals surface area contributed by atoms with E-state index in [1.54, 1.807) is 10.9 Å². The number of benzene rings is 2. The van der Waals surface area contributed by atoms with E-state index in [-0.39, 0.29) is 12.3 Å². The highest BCUT2D eigenvalue weighted by Crippen LogP contribution is 2.22. The number of aromatic nitrogens is 2. The Labute approximate surface area is 163 Å². The topological polar surface area (TPSA) is 46.9 Å². The van der Waals surface area contributed by atoms with Gasteiger partial charge in [0.05, 0.1) is 13.0 Å². The Hall–Kier alpha value is -1.82. The van der Waals surface area contributed by atoms with Crippen molar-refractivity contribution < 1.29 is 4.79 Å². The predicted molar refractivity (Wildman–Crippen MR) is 104 cm³/mol. The quantitative estimate of drug-likeness (QED) is 0.596. The van der Waals surface area contributed by atoms with E-state index in [0.717, 1.165) is 15.6 Å². The minimum absolute atomic E-state index is 0.174. The Kier molecular flexibility index (Phi) is 5.78. The summed E-state index contributed by atoms with van der Waals surface area (Å²) in [6.45, 7) is 0.474. The lowest BCUT2D eigenvalue weighted by Crippen LogP contribution is -2.15. The van der Waals surface area contributed by atoms with Crippen molar-refractivity contribution in [2.24, 2.45) is 0 Å². The van der Waals surface area contributed by atoms with Crippen LogP contribution in [0.25, 0.3) is 0 Å². The van der Waals surface area contributed by atoms with Crippen molar-refractivity contribution in [3.63, 3.8) is 0 Å². The normalized spacial score (nSPS) is 10.7. The van der Waals surface area contributed by atoms with Gasteiger partial charge in [-0.1, -0.05) is 69.5 Å². The summed E-state index contributed by atoms with van der Waals surface area (Å²) in [5.41, 5.74) is 1.84. The second-order valence-corrected chi connectivity index (χ2v) is 7.20. The molecule has 1 heterocycles. The molecule has 3 aromatic rings. The summed E-state index contributed by atoms with van der Waals surface area (Å²) in [6, 6.07) is 15.1. The van der Waals surface area contributed by atoms with Crippen LogP contribution in [0.2, 0.25) is 10.0 Å². The lowest BCUT2D eigenvalue weighted by molar-refractivity contribution is -0.115. The number of nitrogens with zero attached hydrogens (tertiary/aromatic N) is 2. The maximum absolute atomic E-state index is 12.2. The first kappa shape index (κ1) is 18.0. The van der Waals surface area contributed by atoms with E-state index in [4.69, 9.17) is 23.2 Å². The average molecular weight is 439 g/mol. The highest BCUT2D eigenvalue weighted by atomic mass is 79.9. The van der Waals surface area contributed by atoms with Crippen LogP contribution in [0.1, 0.15) is 11.1 Å². The number of halogens is 3. The molecule has 2 aromatic carbocycles. The van der Waals surface area contributed by atoms with Crippen LogP contribution in [0.3, 0.4) is 0 Å². The van der Waals surface area contributed by atoms with E-state index in [1.165, 1.54) is 0 Å². The van der Waals surface area contributed by atoms with E-state index in [0.29, 0.717) is 22.4 Å². The van der Waals surface area contributed by atoms with Crippen molar-refractivity contribution in [2.75, 3.05) is 5.32 Å². The van der Waals surface area contributed by atoms with Gasteiger partial charge in [-0.2, -0.15) is 5.10 Å². The smallest absolute Gasteiger partial charge is 0.230 e. The third kappa shape index (κ3) is 4.84. The standard InChI is InChI=1S/C18H14BrCl2N3O/c19-14-7-5-12(6-8-14)9-17(25)22-18-16(21)11-24(23-18)10-13-3-1-2-4-15(13)20/h1-8,11H,9-10H2,(H,22,23,25). The lowest BCUT2D eigenvalue weighted by Gasteiger charge is -2.05. The lowest BCUT2D eigenvalue weighted by atomic mass is 10.1. The van der Waals surface area contributed by atoms with Gasteiger partial charge in [0.15, 0.2) is 5.82 Å². The van der Waals surface area contributed by atoms with Crippen LogP contribution in [0, 0.1) is 0 Å². The summed E-state index contributed by atoms with van der Waals surface area (Å²) in [6.07, 6.45) is 1.92. The van der Waals surface area contributed by atoms with Crippen LogP contribution in [0.15, 0.2) is 59.2 Å². The monoisotopic (exact) mass is 437 g/mol. The first-order valence-electron chi connectivity index (χ1n) is 7.52. The minimum Gasteiger partial charge on any atom is -0.308 e. The number of amides is 1. The number of nitrogens with one attached hydrogen (secondary N) is 1. The molecule has 0 aliphatic carbocycles. The van der Waals surface area contributed by atoms with Gasteiger partial charge in [-0.3, -0.25) is 9.48 Å². The van der Waals surface area contributed by atoms with Gasteiger partial charge in [0.2, 0.25) is 5.91 Å². The number of carbonyl (C=O) groups is 1. The van der Waals surface area contributed by atoms with Crippen LogP contribution in [0.4, 0.5) is 5.82 Å². The zero-order chi connectivity index (χ0) is 17.8. The number of hydrogen-bond acceptors (Lipinski definition) is 2. The van der Waals surface area contributed by atoms with Crippen LogP contribution in [0.5, 0.6) is 0 Å². The van der Waals surface area contributed by atoms with E-state index in [2.05, 4.69) is 26.3 Å². The molecule has 0 saturated heterocycles. The Morgan fingerprint density at radius 2 is 1.80 bits per heavy atom. The van der Waals surface area contributed by atoms with Gasteiger partial charge in [0, 0.05) is 15.7 Å². The summed E-state index contributed by atoms with van der Waals surface area (Å²) < 4.78 is 2.62. The number of carbonyl (C=O) groups excluding carboxylic acids is 1. The van der Waals surface area contributed by atoms with Crippen molar-refractivity contribution in [1.82, 2.24) is 9.78 Å². The molecule has 0 fully saturated rings. The molecule has 1 N–H and O–H groups in total. The molecule has 0 radical (unpaired) electrons. The Morgan fingerprint density at radius 3 is 2.52 bits per heavy atom. The number of hydrogen-bond donors (Lipinski definition) is 1. The van der Waals surface area contributed by atoms with Crippen molar-refractivity contribution in [3.8, 4) is 0 Å². The van der Waals surface area contributed by atoms with Crippen LogP contribution in [-0.2, 0) is 17.8 Å². The van der Waals surface area contributed by atoms with E-state index in [1.807, 2.05) is 48.5 Å². The second kappa shape index (κ2) is 8.04. The molecule has 25 heavy (non-hydrogen) atoms. The Morgan fingerprint density at radius 1 is 1.08 bits per heavy atom. The zero-order valence-corrected chi connectivity index (χ0v) is 16.1. The zero-order valence-electron chi connectivity index (χ0n) is 13.0. The maximum atomic E-state index is 12.2. The molecule has 0 unspecified atom stereocenters. The summed E-state index contributed by atoms with van der Waals surface area (Å²) in [5.74, 6) is 0.169. The summed E-state index contributed by atoms with van der Waals surface area (Å²) in [4.78, 5) is 12.2. The summed E-state index contributed by atoms with van der Waals surface area (Å²) in [7, 11) is 0. The van der Waals surface area contributed by atoms with E-state index >= 15 is 0 Å². The Balaban J connectivity index is 1.67. The van der Waals surface area contributed by atoms with Gasteiger partial charge in [-0.05, 0) is 29.3 Å². The van der Waals surface area contributed by atoms with Crippen molar-refractivity contribution in [1.29, 1.82) is 0 Å². The molecule has 3 rings (SSSR count). The fourth-order valence-corrected chi connectivity index (χ4v) is 2.99. The molecule has 0 spiro atoms. The molecule has 128 valence electrons. The first-order chi connectivity index (χ1) is 12.0. The molecular formula is C18H14BrCl2N3O. The molecule has 1 aromatic heterocycles. The van der Waals surface area contributed by atoms with Crippen LogP contribution < -0.4 is 5.32 Å². The van der Waals surface area contributed by atoms with Crippen molar-refractivity contribution in [2.45, 2.75) is 13.0 Å². The van der Waals surface area contributed by atoms with Gasteiger partial charge < -0.3 is 5.32 Å². The second-order valence-electron chi connectivity index (χ2n) is 5.47. The highest BCUT2D eigenvalue weighted by Gasteiger charge is 2.12. The maximum Gasteiger partial charge on any atom is 0.230 e. The minimum atomic E-state index is -0.174. The first-order valence-corrected chi connectivity index (χ1v) is 9.07. The summed E-state index contributed by atoms with van der Waals surface area (Å²) in [5, 5.41) is 8.12. The van der Waals surface area contributed by atoms with Crippen molar-refractivity contribution >= 4 is 50.9 Å². The van der Waals surface area contributed by atoms with Gasteiger partial charge in [0.1, 0.15) is 5.02 Å². The predicted octanol–water partition coefficient (Wildman–Crippen LogP) is 5.18. The van der Waals surface area contributed by atoms with Gasteiger partial charge >= 0.3 is 0 Å². The summed E-state index contributed by atoms with van der Waals surface area (Å²) >= 11 is 15.7. The number of rotatable bonds is 5. The molecule has 0 bridgehead atoms. The van der Waals surface area contributed by atoms with Gasteiger partial charge in [-0.15, -0.1) is 0 Å². The highest BCUT2D eigenvalue weighted by molar-refractivity contribution is 9.10. The fraction of sp³-hybridized carbons (Fsp3) is 0.111. The van der Waals surface area contributed by atoms with Crippen LogP contribution >= 0.6 is 39.1 Å². The molecule has 4 nitrogen and oxygen atoms in total. The van der Waals surface area contributed by atoms with E-state index < -0.39 is 0 Å². The number of anilines is 1.